The average molecular weight is 511 g/mol. The van der Waals surface area contributed by atoms with Gasteiger partial charge in [0.1, 0.15) is 6.17 Å². The second kappa shape index (κ2) is 11.0. The van der Waals surface area contributed by atoms with Crippen LogP contribution in [0.5, 0.6) is 0 Å². The summed E-state index contributed by atoms with van der Waals surface area (Å²) >= 11 is 0. The molecule has 1 aliphatic carbocycles. The summed E-state index contributed by atoms with van der Waals surface area (Å²) in [5, 5.41) is 16.4. The Labute approximate surface area is 206 Å². The molecule has 0 unspecified atom stereocenters. The molecule has 4 rings (SSSR count). The number of amides is 1. The smallest absolute Gasteiger partial charge is 0.417 e. The van der Waals surface area contributed by atoms with Crippen molar-refractivity contribution in [3.05, 3.63) is 41.6 Å². The van der Waals surface area contributed by atoms with Crippen LogP contribution >= 0.6 is 0 Å². The Morgan fingerprint density at radius 2 is 1.89 bits per heavy atom. The summed E-state index contributed by atoms with van der Waals surface area (Å²) in [5.74, 6) is -1.74. The molecule has 0 radical (unpaired) electrons. The minimum atomic E-state index is -4.58. The summed E-state index contributed by atoms with van der Waals surface area (Å²) < 4.78 is 56.2. The molecule has 2 heterocycles. The Morgan fingerprint density at radius 1 is 1.17 bits per heavy atom. The zero-order valence-electron chi connectivity index (χ0n) is 19.8. The standard InChI is InChI=1S/C25H30F4N4O3/c26-16-9-11-32(15-16)12-10-17(13-23(34)35)30-24(36)21-14-22(33(31-21)18-5-1-2-6-18)19-7-3-4-8-20(19)25(27,28)29/h3-4,7-8,14,16-18H,1-2,5-6,9-13,15H2,(H,30,36)(H,34,35)/t16-,17-/m0/s1. The molecule has 36 heavy (non-hydrogen) atoms. The van der Waals surface area contributed by atoms with Gasteiger partial charge in [0.25, 0.3) is 5.91 Å². The maximum atomic E-state index is 13.7. The van der Waals surface area contributed by atoms with E-state index >= 15 is 0 Å². The number of carbonyl (C=O) groups is 2. The fourth-order valence-electron chi connectivity index (χ4n) is 5.11. The summed E-state index contributed by atoms with van der Waals surface area (Å²) in [7, 11) is 0. The minimum Gasteiger partial charge on any atom is -0.481 e. The van der Waals surface area contributed by atoms with Crippen LogP contribution in [0.4, 0.5) is 17.6 Å². The lowest BCUT2D eigenvalue weighted by molar-refractivity contribution is -0.138. The number of aromatic nitrogens is 2. The van der Waals surface area contributed by atoms with Crippen molar-refractivity contribution in [2.75, 3.05) is 19.6 Å². The van der Waals surface area contributed by atoms with Crippen molar-refractivity contribution in [2.24, 2.45) is 0 Å². The number of nitrogens with one attached hydrogen (secondary N) is 1. The number of alkyl halides is 4. The molecule has 2 atom stereocenters. The molecule has 1 aliphatic heterocycles. The number of hydrogen-bond donors (Lipinski definition) is 2. The number of hydrogen-bond acceptors (Lipinski definition) is 4. The Hall–Kier alpha value is -2.95. The number of carboxylic acids is 1. The van der Waals surface area contributed by atoms with E-state index in [0.717, 1.165) is 31.7 Å². The van der Waals surface area contributed by atoms with Gasteiger partial charge in [-0.1, -0.05) is 31.0 Å². The Kier molecular flexibility index (Phi) is 7.97. The average Bonchev–Trinajstić information content (AvgIpc) is 3.57. The van der Waals surface area contributed by atoms with Gasteiger partial charge < -0.3 is 15.3 Å². The lowest BCUT2D eigenvalue weighted by atomic mass is 10.0. The number of nitrogens with zero attached hydrogens (tertiary/aromatic N) is 3. The van der Waals surface area contributed by atoms with Crippen LogP contribution < -0.4 is 5.32 Å². The fraction of sp³-hybridized carbons (Fsp3) is 0.560. The first-order valence-electron chi connectivity index (χ1n) is 12.3. The van der Waals surface area contributed by atoms with E-state index in [2.05, 4.69) is 10.4 Å². The molecule has 2 N–H and O–H groups in total. The number of halogens is 4. The Morgan fingerprint density at radius 3 is 2.53 bits per heavy atom. The van der Waals surface area contributed by atoms with Gasteiger partial charge in [-0.25, -0.2) is 4.39 Å². The van der Waals surface area contributed by atoms with Gasteiger partial charge in [-0.2, -0.15) is 18.3 Å². The van der Waals surface area contributed by atoms with Crippen LogP contribution in [0.2, 0.25) is 0 Å². The second-order valence-electron chi connectivity index (χ2n) is 9.58. The normalized spacial score (nSPS) is 20.1. The van der Waals surface area contributed by atoms with Crippen LogP contribution in [-0.4, -0.2) is 63.5 Å². The van der Waals surface area contributed by atoms with E-state index in [1.165, 1.54) is 28.9 Å². The molecule has 1 amide bonds. The molecular formula is C25H30F4N4O3. The molecule has 2 aromatic rings. The van der Waals surface area contributed by atoms with E-state index in [0.29, 0.717) is 25.9 Å². The highest BCUT2D eigenvalue weighted by Crippen LogP contribution is 2.40. The van der Waals surface area contributed by atoms with Crippen molar-refractivity contribution >= 4 is 11.9 Å². The van der Waals surface area contributed by atoms with Crippen molar-refractivity contribution in [3.8, 4) is 11.3 Å². The molecular weight excluding hydrogens is 480 g/mol. The molecule has 1 aromatic carbocycles. The lowest BCUT2D eigenvalue weighted by Gasteiger charge is -2.20. The molecule has 1 aromatic heterocycles. The topological polar surface area (TPSA) is 87.5 Å². The zero-order chi connectivity index (χ0) is 25.9. The summed E-state index contributed by atoms with van der Waals surface area (Å²) in [6, 6.07) is 5.71. The zero-order valence-corrected chi connectivity index (χ0v) is 19.8. The van der Waals surface area contributed by atoms with E-state index in [1.54, 1.807) is 0 Å². The molecule has 2 aliphatic rings. The Balaban J connectivity index is 1.59. The van der Waals surface area contributed by atoms with Gasteiger partial charge in [-0.05, 0) is 37.8 Å². The predicted octanol–water partition coefficient (Wildman–Crippen LogP) is 4.69. The molecule has 1 saturated carbocycles. The molecule has 7 nitrogen and oxygen atoms in total. The molecule has 0 bridgehead atoms. The van der Waals surface area contributed by atoms with Gasteiger partial charge in [-0.3, -0.25) is 14.3 Å². The third-order valence-corrected chi connectivity index (χ3v) is 6.91. The molecule has 2 fully saturated rings. The van der Waals surface area contributed by atoms with E-state index in [1.807, 2.05) is 4.90 Å². The van der Waals surface area contributed by atoms with Crippen molar-refractivity contribution in [1.29, 1.82) is 0 Å². The van der Waals surface area contributed by atoms with E-state index < -0.39 is 35.8 Å². The van der Waals surface area contributed by atoms with Crippen molar-refractivity contribution in [3.63, 3.8) is 0 Å². The SMILES string of the molecule is O=C(O)C[C@H](CCN1CC[C@H](F)C1)NC(=O)c1cc(-c2ccccc2C(F)(F)F)n(C2CCCC2)n1. The number of carboxylic acid groups (broad SMARTS) is 1. The second-order valence-corrected chi connectivity index (χ2v) is 9.58. The number of carbonyl (C=O) groups excluding carboxylic acids is 1. The van der Waals surface area contributed by atoms with Crippen molar-refractivity contribution in [1.82, 2.24) is 20.0 Å². The maximum absolute atomic E-state index is 13.7. The lowest BCUT2D eigenvalue weighted by Crippen LogP contribution is -2.39. The van der Waals surface area contributed by atoms with Gasteiger partial charge in [0.05, 0.1) is 23.7 Å². The summed E-state index contributed by atoms with van der Waals surface area (Å²) in [6.07, 6.45) is -1.75. The number of rotatable bonds is 9. The number of aliphatic carboxylic acids is 1. The van der Waals surface area contributed by atoms with Gasteiger partial charge >= 0.3 is 12.1 Å². The van der Waals surface area contributed by atoms with Crippen LogP contribution in [0, 0.1) is 0 Å². The van der Waals surface area contributed by atoms with E-state index in [4.69, 9.17) is 0 Å². The van der Waals surface area contributed by atoms with Crippen molar-refractivity contribution < 1.29 is 32.3 Å². The minimum absolute atomic E-state index is 0.0552. The van der Waals surface area contributed by atoms with E-state index in [9.17, 15) is 32.3 Å². The maximum Gasteiger partial charge on any atom is 0.417 e. The molecule has 0 spiro atoms. The van der Waals surface area contributed by atoms with E-state index in [-0.39, 0.29) is 36.0 Å². The third kappa shape index (κ3) is 6.24. The highest BCUT2D eigenvalue weighted by molar-refractivity contribution is 5.94. The summed E-state index contributed by atoms with van der Waals surface area (Å²) in [4.78, 5) is 26.4. The largest absolute Gasteiger partial charge is 0.481 e. The van der Waals surface area contributed by atoms with Crippen LogP contribution in [0.25, 0.3) is 11.3 Å². The first-order chi connectivity index (χ1) is 17.1. The van der Waals surface area contributed by atoms with Crippen LogP contribution in [0.1, 0.15) is 67.0 Å². The van der Waals surface area contributed by atoms with Gasteiger partial charge in [-0.15, -0.1) is 0 Å². The highest BCUT2D eigenvalue weighted by atomic mass is 19.4. The highest BCUT2D eigenvalue weighted by Gasteiger charge is 2.35. The summed E-state index contributed by atoms with van der Waals surface area (Å²) in [5.41, 5.74) is -0.716. The molecule has 11 heteroatoms. The summed E-state index contributed by atoms with van der Waals surface area (Å²) in [6.45, 7) is 1.28. The van der Waals surface area contributed by atoms with Gasteiger partial charge in [0.15, 0.2) is 5.69 Å². The van der Waals surface area contributed by atoms with Crippen LogP contribution in [0.3, 0.4) is 0 Å². The molecule has 196 valence electrons. The first-order valence-corrected chi connectivity index (χ1v) is 12.3. The van der Waals surface area contributed by atoms with Crippen molar-refractivity contribution in [2.45, 2.75) is 69.4 Å². The number of benzene rings is 1. The van der Waals surface area contributed by atoms with Crippen LogP contribution in [0.15, 0.2) is 30.3 Å². The van der Waals surface area contributed by atoms with Crippen LogP contribution in [-0.2, 0) is 11.0 Å². The van der Waals surface area contributed by atoms with Gasteiger partial charge in [0, 0.05) is 31.2 Å². The fourth-order valence-corrected chi connectivity index (χ4v) is 5.11. The quantitative estimate of drug-likeness (QED) is 0.478. The predicted molar refractivity (Wildman–Crippen MR) is 124 cm³/mol. The Bertz CT molecular complexity index is 1080. The monoisotopic (exact) mass is 510 g/mol. The van der Waals surface area contributed by atoms with Gasteiger partial charge in [0.2, 0.25) is 0 Å². The molecule has 1 saturated heterocycles. The number of likely N-dealkylation sites (tertiary alicyclic amines) is 1. The first kappa shape index (κ1) is 26.1. The third-order valence-electron chi connectivity index (χ3n) is 6.91.